The number of rotatable bonds is 24. The van der Waals surface area contributed by atoms with E-state index in [1.807, 2.05) is 76.4 Å². The molecule has 8 aromatic carbocycles. The predicted molar refractivity (Wildman–Crippen MR) is 514 cm³/mol. The number of halogens is 5. The Morgan fingerprint density at radius 3 is 0.985 bits per heavy atom. The van der Waals surface area contributed by atoms with Gasteiger partial charge in [0, 0.05) is 92.8 Å². The number of furan rings is 4. The number of imidazole rings is 4. The fraction of sp³-hybridized carbons (Fsp3) is 0.252. The summed E-state index contributed by atoms with van der Waals surface area (Å²) in [7, 11) is 6.18. The molecule has 4 amide bonds. The number of methoxy groups -OCH3 is 4. The molecule has 4 aliphatic rings. The molecule has 4 saturated carbocycles. The summed E-state index contributed by atoms with van der Waals surface area (Å²) >= 11 is 6.08. The number of anilines is 4. The molecule has 8 aromatic heterocycles. The molecule has 4 aliphatic carbocycles. The summed E-state index contributed by atoms with van der Waals surface area (Å²) in [5.41, 5.74) is 14.6. The van der Waals surface area contributed by atoms with Crippen molar-refractivity contribution in [1.29, 1.82) is 0 Å². The van der Waals surface area contributed by atoms with E-state index in [1.54, 1.807) is 161 Å². The van der Waals surface area contributed by atoms with E-state index in [-0.39, 0.29) is 58.1 Å². The minimum atomic E-state index is -0.407. The van der Waals surface area contributed by atoms with E-state index in [1.165, 1.54) is 81.3 Å². The molecule has 136 heavy (non-hydrogen) atoms. The Bertz CT molecular complexity index is 6750. The molecule has 16 aromatic rings. The van der Waals surface area contributed by atoms with Crippen molar-refractivity contribution in [3.63, 3.8) is 0 Å². The zero-order chi connectivity index (χ0) is 94.6. The molecule has 0 unspecified atom stereocenters. The van der Waals surface area contributed by atoms with Crippen molar-refractivity contribution in [3.8, 4) is 114 Å². The van der Waals surface area contributed by atoms with Crippen LogP contribution in [0.2, 0.25) is 5.02 Å². The predicted octanol–water partition coefficient (Wildman–Crippen LogP) is 26.9. The maximum absolute atomic E-state index is 13.5. The van der Waals surface area contributed by atoms with Crippen molar-refractivity contribution in [2.75, 3.05) is 49.7 Å². The van der Waals surface area contributed by atoms with Gasteiger partial charge in [0.2, 0.25) is 0 Å². The first-order chi connectivity index (χ1) is 66.1. The zero-order valence-electron chi connectivity index (χ0n) is 76.1. The Balaban J connectivity index is 0.000000126. The summed E-state index contributed by atoms with van der Waals surface area (Å²) < 4.78 is 108. The lowest BCUT2D eigenvalue weighted by Gasteiger charge is -2.15. The van der Waals surface area contributed by atoms with Crippen molar-refractivity contribution >= 4 is 58.0 Å². The van der Waals surface area contributed by atoms with E-state index in [0.717, 1.165) is 150 Å². The van der Waals surface area contributed by atoms with Gasteiger partial charge >= 0.3 is 0 Å². The number of aryl methyl sites for hydroxylation is 2. The lowest BCUT2D eigenvalue weighted by atomic mass is 10.1. The third-order valence-electron chi connectivity index (χ3n) is 25.3. The van der Waals surface area contributed by atoms with E-state index in [9.17, 15) is 36.7 Å². The maximum Gasteiger partial charge on any atom is 0.291 e. The van der Waals surface area contributed by atoms with Gasteiger partial charge in [-0.05, 0) is 265 Å². The van der Waals surface area contributed by atoms with Crippen LogP contribution in [-0.2, 0) is 0 Å². The quantitative estimate of drug-likeness (QED) is 0.0409. The minimum absolute atomic E-state index is 0.155. The van der Waals surface area contributed by atoms with Gasteiger partial charge in [0.05, 0.1) is 82.2 Å². The third kappa shape index (κ3) is 20.9. The number of hydrogen-bond donors (Lipinski definition) is 4. The average molecular weight is 1860 g/mol. The summed E-state index contributed by atoms with van der Waals surface area (Å²) in [5.74, 6) is 2.44. The Kier molecular flexibility index (Phi) is 28.6. The van der Waals surface area contributed by atoms with Crippen molar-refractivity contribution in [3.05, 3.63) is 312 Å². The fourth-order valence-electron chi connectivity index (χ4n) is 18.0. The number of nitrogens with one attached hydrogen (secondary N) is 4. The molecule has 0 radical (unpaired) electrons. The Morgan fingerprint density at radius 1 is 0.331 bits per heavy atom. The van der Waals surface area contributed by atoms with Crippen LogP contribution in [0, 0.1) is 44.0 Å². The van der Waals surface area contributed by atoms with Crippen LogP contribution in [0.1, 0.15) is 186 Å². The number of carbonyl (C=O) groups is 4. The number of carbonyl (C=O) groups excluding carboxylic acids is 4. The topological polar surface area (TPSA) is 277 Å². The van der Waals surface area contributed by atoms with Crippen molar-refractivity contribution in [1.82, 2.24) is 38.2 Å². The van der Waals surface area contributed by atoms with Crippen molar-refractivity contribution in [2.45, 2.75) is 148 Å². The summed E-state index contributed by atoms with van der Waals surface area (Å²) in [6.07, 6.45) is 25.1. The smallest absolute Gasteiger partial charge is 0.291 e. The highest BCUT2D eigenvalue weighted by atomic mass is 35.5. The highest BCUT2D eigenvalue weighted by Gasteiger charge is 2.33. The van der Waals surface area contributed by atoms with Gasteiger partial charge < -0.3 is 76.2 Å². The second kappa shape index (κ2) is 41.9. The molecule has 20 rings (SSSR count). The number of benzene rings is 8. The van der Waals surface area contributed by atoms with E-state index in [4.69, 9.17) is 48.2 Å². The molecule has 4 N–H and O–H groups in total. The summed E-state index contributed by atoms with van der Waals surface area (Å²) in [6, 6.07) is 61.5. The van der Waals surface area contributed by atoms with Crippen molar-refractivity contribution < 1.29 is 73.4 Å². The summed E-state index contributed by atoms with van der Waals surface area (Å²) in [5, 5.41) is 12.0. The first-order valence-corrected chi connectivity index (χ1v) is 45.8. The molecular formula is C107H101ClF4N12O12. The van der Waals surface area contributed by atoms with Gasteiger partial charge in [-0.25, -0.2) is 37.5 Å². The Hall–Kier alpha value is -15.2. The van der Waals surface area contributed by atoms with Crippen LogP contribution < -0.4 is 40.2 Å². The minimum Gasteiger partial charge on any atom is -0.497 e. The number of nitrogens with zero attached hydrogens (tertiary/aromatic N) is 8. The van der Waals surface area contributed by atoms with Crippen molar-refractivity contribution in [2.24, 2.45) is 0 Å². The van der Waals surface area contributed by atoms with Gasteiger partial charge in [-0.15, -0.1) is 0 Å². The molecule has 0 bridgehead atoms. The number of hydrogen-bond acceptors (Lipinski definition) is 16. The monoisotopic (exact) mass is 1860 g/mol. The summed E-state index contributed by atoms with van der Waals surface area (Å²) in [6.45, 7) is 5.89. The number of amides is 4. The molecule has 8 heterocycles. The van der Waals surface area contributed by atoms with Crippen LogP contribution >= 0.6 is 11.6 Å². The van der Waals surface area contributed by atoms with Crippen LogP contribution in [0.5, 0.6) is 23.0 Å². The van der Waals surface area contributed by atoms with Gasteiger partial charge in [0.1, 0.15) is 69.0 Å². The Morgan fingerprint density at radius 2 is 0.654 bits per heavy atom. The maximum atomic E-state index is 13.5. The van der Waals surface area contributed by atoms with E-state index >= 15 is 0 Å². The van der Waals surface area contributed by atoms with Gasteiger partial charge in [-0.1, -0.05) is 81.2 Å². The van der Waals surface area contributed by atoms with Gasteiger partial charge in [0.25, 0.3) is 23.6 Å². The SMILES string of the molecule is COc1cc(NC(=O)c2ccc(-c3c(-c4ccc(F)cc4)ncn3C3CCCC3)o2)cc(OC)c1.COc1ccc(NC(=O)c2ccc(-c3c(-c4ccc(F)cc4)ncn3C3CCCC3)o2)c(OC)c1.Cc1ccc(Cl)cc1NC(=O)c1ccc(-c2c(-c3ccc(F)cc3)ncn2C2CCCC2)o1.Cc1cccc(NC(=O)c2ccc(-c3c(-c4ccc(F)cc4)ncn3C3CCCC3)o2)c1C. The number of aromatic nitrogens is 8. The summed E-state index contributed by atoms with van der Waals surface area (Å²) in [4.78, 5) is 70.4. The fourth-order valence-corrected chi connectivity index (χ4v) is 18.2. The molecule has 0 saturated heterocycles. The van der Waals surface area contributed by atoms with Crippen LogP contribution in [0.4, 0.5) is 40.3 Å². The van der Waals surface area contributed by atoms with Crippen LogP contribution in [0.15, 0.2) is 261 Å². The third-order valence-corrected chi connectivity index (χ3v) is 25.6. The highest BCUT2D eigenvalue weighted by Crippen LogP contribution is 2.46. The second-order valence-electron chi connectivity index (χ2n) is 34.0. The van der Waals surface area contributed by atoms with Crippen LogP contribution in [0.25, 0.3) is 90.8 Å². The van der Waals surface area contributed by atoms with Crippen LogP contribution in [0.3, 0.4) is 0 Å². The molecule has 24 nitrogen and oxygen atoms in total. The molecule has 0 atom stereocenters. The van der Waals surface area contributed by atoms with Crippen LogP contribution in [-0.4, -0.2) is 90.3 Å². The van der Waals surface area contributed by atoms with E-state index < -0.39 is 11.8 Å². The standard InChI is InChI=1S/2C27H26FN3O4.C27H26FN3O2.C26H23ClFN3O2/c1-33-21-13-19(14-22(15-21)34-2)30-27(32)24-12-11-23(35-24)26-25(17-7-9-18(28)10-8-17)29-16-31(26)20-5-3-4-6-20;1-33-20-11-12-21(24(15-20)34-2)30-27(32)23-14-13-22(35-23)26-25(17-7-9-18(28)10-8-17)29-16-31(26)19-5-3-4-6-19;1-17-6-5-9-22(18(17)2)30-27(32)24-15-14-23(33-24)26-25(19-10-12-20(28)13-11-19)29-16-31(26)21-7-3-4-8-21;1-16-6-9-18(27)14-21(16)30-26(32)23-13-12-22(33-23)25-24(17-7-10-19(28)11-8-17)29-15-31(25)20-4-2-3-5-20/h7-16,20H,3-6H2,1-2H3,(H,30,32);7-16,19H,3-6H2,1-2H3,(H,30,32);5-6,9-16,21H,3-4,7-8H2,1-2H3,(H,30,32);6-15,20H,2-5H2,1H3,(H,30,32). The molecule has 696 valence electrons. The van der Waals surface area contributed by atoms with E-state index in [2.05, 4.69) is 59.5 Å². The zero-order valence-corrected chi connectivity index (χ0v) is 76.8. The van der Waals surface area contributed by atoms with Gasteiger partial charge in [0.15, 0.2) is 46.1 Å². The van der Waals surface area contributed by atoms with Gasteiger partial charge in [-0.2, -0.15) is 0 Å². The molecule has 0 aliphatic heterocycles. The normalized spacial score (nSPS) is 13.9. The lowest BCUT2D eigenvalue weighted by Crippen LogP contribution is -2.12. The molecule has 4 fully saturated rings. The Labute approximate surface area is 788 Å². The highest BCUT2D eigenvalue weighted by molar-refractivity contribution is 6.31. The van der Waals surface area contributed by atoms with E-state index in [0.29, 0.717) is 109 Å². The first-order valence-electron chi connectivity index (χ1n) is 45.4. The number of ether oxygens (including phenoxy) is 4. The first kappa shape index (κ1) is 92.7. The molecule has 29 heteroatoms. The molecule has 0 spiro atoms. The average Bonchev–Trinajstić information content (AvgIpc) is 1.62. The largest absolute Gasteiger partial charge is 0.497 e. The van der Waals surface area contributed by atoms with Gasteiger partial charge in [-0.3, -0.25) is 19.2 Å². The second-order valence-corrected chi connectivity index (χ2v) is 34.5. The molecular weight excluding hydrogens is 1760 g/mol. The lowest BCUT2D eigenvalue weighted by molar-refractivity contribution is 0.0990.